The summed E-state index contributed by atoms with van der Waals surface area (Å²) in [6, 6.07) is 10.8. The van der Waals surface area contributed by atoms with E-state index in [4.69, 9.17) is 0 Å². The van der Waals surface area contributed by atoms with Crippen molar-refractivity contribution in [1.82, 2.24) is 15.5 Å². The van der Waals surface area contributed by atoms with Gasteiger partial charge in [-0.2, -0.15) is 30.0 Å². The molecule has 0 radical (unpaired) electrons. The van der Waals surface area contributed by atoms with Crippen molar-refractivity contribution in [2.45, 2.75) is 49.9 Å². The van der Waals surface area contributed by atoms with Gasteiger partial charge in [-0.05, 0) is 67.5 Å². The number of carbonyl (C=O) groups excluding carboxylic acids is 2. The fourth-order valence-corrected chi connectivity index (χ4v) is 6.03. The Morgan fingerprint density at radius 1 is 0.932 bits per heavy atom. The number of benzene rings is 2. The van der Waals surface area contributed by atoms with E-state index in [0.717, 1.165) is 62.0 Å². The van der Waals surface area contributed by atoms with Gasteiger partial charge in [0.1, 0.15) is 0 Å². The lowest BCUT2D eigenvalue weighted by molar-refractivity contribution is -0.137. The molecule has 44 heavy (non-hydrogen) atoms. The first-order chi connectivity index (χ1) is 20.5. The van der Waals surface area contributed by atoms with Crippen molar-refractivity contribution in [2.24, 2.45) is 0 Å². The van der Waals surface area contributed by atoms with Gasteiger partial charge in [-0.25, -0.2) is 0 Å². The second-order valence-corrected chi connectivity index (χ2v) is 14.0. The van der Waals surface area contributed by atoms with Crippen LogP contribution < -0.4 is 15.9 Å². The maximum Gasteiger partial charge on any atom is 0.416 e. The first-order valence-corrected chi connectivity index (χ1v) is 17.3. The number of halogens is 3. The fourth-order valence-electron chi connectivity index (χ4n) is 5.27. The summed E-state index contributed by atoms with van der Waals surface area (Å²) in [5.41, 5.74) is -0.0339. The number of likely N-dealkylation sites (tertiary alicyclic amines) is 1. The molecule has 2 aliphatic rings. The average Bonchev–Trinajstić information content (AvgIpc) is 2.91. The molecule has 1 aliphatic heterocycles. The zero-order valence-corrected chi connectivity index (χ0v) is 25.5. The van der Waals surface area contributed by atoms with Gasteiger partial charge in [-0.15, -0.1) is 8.57 Å². The normalized spacial score (nSPS) is 20.0. The van der Waals surface area contributed by atoms with Gasteiger partial charge in [-0.3, -0.25) is 14.5 Å². The number of rotatable bonds is 11. The maximum absolute atomic E-state index is 12.9. The number of alkyl halides is 3. The number of hydrogen-bond donors (Lipinski definition) is 2. The van der Waals surface area contributed by atoms with Gasteiger partial charge in [0.25, 0.3) is 26.1 Å². The van der Waals surface area contributed by atoms with Crippen molar-refractivity contribution in [1.29, 1.82) is 0 Å². The van der Waals surface area contributed by atoms with Crippen LogP contribution in [0.4, 0.5) is 18.9 Å². The molecule has 1 aliphatic carbocycles. The number of hydrogen-bond acceptors (Lipinski definition) is 10. The van der Waals surface area contributed by atoms with Crippen LogP contribution in [0, 0.1) is 0 Å². The molecule has 0 atom stereocenters. The molecule has 0 unspecified atom stereocenters. The molecule has 17 heteroatoms. The molecule has 12 nitrogen and oxygen atoms in total. The Balaban J connectivity index is 1.19. The monoisotopic (exact) mass is 662 g/mol. The fraction of sp³-hybridized carbons (Fsp3) is 0.481. The lowest BCUT2D eigenvalue weighted by Crippen LogP contribution is -2.63. The SMILES string of the molecule is CS(=O)(=O)ON(OS(C)(=O)=O)c1ccc(C2CCC(N3CC(NC(=O)CNC(=O)c4cccc(C(F)(F)F)c4)C3)CC2)cc1. The summed E-state index contributed by atoms with van der Waals surface area (Å²) < 4.78 is 94.1. The molecule has 242 valence electrons. The lowest BCUT2D eigenvalue weighted by atomic mass is 9.80. The summed E-state index contributed by atoms with van der Waals surface area (Å²) in [5, 5.41) is 5.53. The van der Waals surface area contributed by atoms with Crippen LogP contribution in [0.2, 0.25) is 0 Å². The highest BCUT2D eigenvalue weighted by Crippen LogP contribution is 2.37. The third-order valence-corrected chi connectivity index (χ3v) is 8.14. The van der Waals surface area contributed by atoms with E-state index in [0.29, 0.717) is 24.4 Å². The standard InChI is InChI=1S/C27H33F3N4O8S2/c1-43(37,38)41-34(42-44(2,39)40)24-12-8-19(9-13-24)18-6-10-23(11-7-18)33-16-22(17-33)32-25(35)15-31-26(36)20-4-3-5-21(14-20)27(28,29)30/h3-5,8-9,12-14,18,22-23H,6-7,10-11,15-17H2,1-2H3,(H,31,36)(H,32,35). The summed E-state index contributed by atoms with van der Waals surface area (Å²) in [7, 11) is -8.12. The van der Waals surface area contributed by atoms with Gasteiger partial charge in [-0.1, -0.05) is 23.4 Å². The van der Waals surface area contributed by atoms with Crippen LogP contribution in [0.15, 0.2) is 48.5 Å². The predicted molar refractivity (Wildman–Crippen MR) is 153 cm³/mol. The van der Waals surface area contributed by atoms with Gasteiger partial charge in [0.05, 0.1) is 36.3 Å². The third-order valence-electron chi connectivity index (χ3n) is 7.33. The van der Waals surface area contributed by atoms with Crippen LogP contribution in [-0.4, -0.2) is 77.8 Å². The number of carbonyl (C=O) groups is 2. The highest BCUT2D eigenvalue weighted by atomic mass is 32.2. The molecule has 2 amide bonds. The molecule has 0 bridgehead atoms. The molecule has 1 saturated carbocycles. The average molecular weight is 663 g/mol. The molecule has 2 N–H and O–H groups in total. The van der Waals surface area contributed by atoms with E-state index < -0.39 is 43.8 Å². The summed E-state index contributed by atoms with van der Waals surface area (Å²) >= 11 is 0. The topological polar surface area (TPSA) is 151 Å². The molecular weight excluding hydrogens is 629 g/mol. The Morgan fingerprint density at radius 3 is 2.07 bits per heavy atom. The second-order valence-electron chi connectivity index (χ2n) is 10.9. The van der Waals surface area contributed by atoms with Crippen molar-refractivity contribution in [3.63, 3.8) is 0 Å². The van der Waals surface area contributed by atoms with E-state index in [1.54, 1.807) is 12.1 Å². The Morgan fingerprint density at radius 2 is 1.52 bits per heavy atom. The zero-order valence-electron chi connectivity index (χ0n) is 23.9. The zero-order chi connectivity index (χ0) is 32.3. The predicted octanol–water partition coefficient (Wildman–Crippen LogP) is 2.55. The third kappa shape index (κ3) is 9.62. The van der Waals surface area contributed by atoms with Crippen LogP contribution in [-0.2, 0) is 39.8 Å². The number of amides is 2. The van der Waals surface area contributed by atoms with Gasteiger partial charge in [0, 0.05) is 24.7 Å². The summed E-state index contributed by atoms with van der Waals surface area (Å²) in [4.78, 5) is 26.8. The maximum atomic E-state index is 12.9. The first kappa shape index (κ1) is 33.6. The van der Waals surface area contributed by atoms with Crippen molar-refractivity contribution in [3.8, 4) is 0 Å². The van der Waals surface area contributed by atoms with Crippen LogP contribution in [0.1, 0.15) is 53.1 Å². The van der Waals surface area contributed by atoms with Gasteiger partial charge in [0.15, 0.2) is 0 Å². The minimum atomic E-state index is -4.57. The van der Waals surface area contributed by atoms with Crippen LogP contribution in [0.5, 0.6) is 0 Å². The van der Waals surface area contributed by atoms with Crippen molar-refractivity contribution in [2.75, 3.05) is 37.4 Å². The molecule has 0 spiro atoms. The first-order valence-electron chi connectivity index (χ1n) is 13.6. The Bertz CT molecular complexity index is 1520. The Hall–Kier alpha value is -3.25. The van der Waals surface area contributed by atoms with Gasteiger partial charge >= 0.3 is 6.18 Å². The Kier molecular flexibility index (Phi) is 10.2. The van der Waals surface area contributed by atoms with Gasteiger partial charge < -0.3 is 10.6 Å². The second kappa shape index (κ2) is 13.4. The minimum Gasteiger partial charge on any atom is -0.349 e. The molecular formula is C27H33F3N4O8S2. The van der Waals surface area contributed by atoms with Crippen molar-refractivity contribution < 1.29 is 48.2 Å². The minimum absolute atomic E-state index is 0.0853. The largest absolute Gasteiger partial charge is 0.416 e. The number of anilines is 1. The van der Waals surface area contributed by atoms with E-state index in [9.17, 15) is 39.6 Å². The molecule has 1 saturated heterocycles. The summed E-state index contributed by atoms with van der Waals surface area (Å²) in [6.45, 7) is 0.940. The highest BCUT2D eigenvalue weighted by molar-refractivity contribution is 7.86. The van der Waals surface area contributed by atoms with E-state index in [1.807, 2.05) is 0 Å². The highest BCUT2D eigenvalue weighted by Gasteiger charge is 2.36. The summed E-state index contributed by atoms with van der Waals surface area (Å²) in [6.07, 6.45) is 0.571. The molecule has 4 rings (SSSR count). The molecule has 2 aromatic rings. The van der Waals surface area contributed by atoms with Crippen molar-refractivity contribution in [3.05, 3.63) is 65.2 Å². The van der Waals surface area contributed by atoms with E-state index in [1.165, 1.54) is 18.2 Å². The van der Waals surface area contributed by atoms with E-state index >= 15 is 0 Å². The molecule has 2 aromatic carbocycles. The lowest BCUT2D eigenvalue weighted by Gasteiger charge is -2.46. The van der Waals surface area contributed by atoms with Crippen LogP contribution in [0.25, 0.3) is 0 Å². The van der Waals surface area contributed by atoms with Crippen LogP contribution in [0.3, 0.4) is 0 Å². The smallest absolute Gasteiger partial charge is 0.349 e. The summed E-state index contributed by atoms with van der Waals surface area (Å²) in [5.74, 6) is -0.947. The van der Waals surface area contributed by atoms with Crippen molar-refractivity contribution >= 4 is 37.7 Å². The molecule has 0 aromatic heterocycles. The van der Waals surface area contributed by atoms with Gasteiger partial charge in [0.2, 0.25) is 5.91 Å². The number of nitrogens with one attached hydrogen (secondary N) is 2. The quantitative estimate of drug-likeness (QED) is 0.344. The molecule has 2 fully saturated rings. The van der Waals surface area contributed by atoms with E-state index in [2.05, 4.69) is 24.1 Å². The van der Waals surface area contributed by atoms with E-state index in [-0.39, 0.29) is 29.8 Å². The Labute approximate surface area is 253 Å². The molecule has 1 heterocycles. The van der Waals surface area contributed by atoms with Crippen LogP contribution >= 0.6 is 0 Å². The number of nitrogens with zero attached hydrogens (tertiary/aromatic N) is 2.